The van der Waals surface area contributed by atoms with Crippen LogP contribution in [-0.4, -0.2) is 54.2 Å². The number of rotatable bonds is 4. The lowest BCUT2D eigenvalue weighted by Crippen LogP contribution is -2.53. The van der Waals surface area contributed by atoms with E-state index in [-0.39, 0.29) is 24.0 Å². The summed E-state index contributed by atoms with van der Waals surface area (Å²) < 4.78 is 5.09. The minimum absolute atomic E-state index is 0.0181. The van der Waals surface area contributed by atoms with Crippen molar-refractivity contribution in [2.24, 2.45) is 5.92 Å². The number of urea groups is 1. The van der Waals surface area contributed by atoms with Gasteiger partial charge in [0.15, 0.2) is 0 Å². The number of piperidine rings is 1. The molecule has 2 N–H and O–H groups in total. The standard InChI is InChI=1S/C21H28N2O5/c1-28-19(26)21(16-5-3-2-4-6-16)11-13-23(14-12-21)20(27)22-17-9-7-15(8-10-17)18(24)25/h2-6,15,17H,7-14H2,1H3,(H,22,27)(H,24,25). The highest BCUT2D eigenvalue weighted by atomic mass is 16.5. The summed E-state index contributed by atoms with van der Waals surface area (Å²) in [6.45, 7) is 0.945. The molecule has 7 heteroatoms. The Morgan fingerprint density at radius 2 is 1.68 bits per heavy atom. The Kier molecular flexibility index (Phi) is 6.21. The normalized spacial score (nSPS) is 24.2. The molecule has 0 aromatic heterocycles. The Labute approximate surface area is 165 Å². The smallest absolute Gasteiger partial charge is 0.317 e. The average Bonchev–Trinajstić information content (AvgIpc) is 2.74. The third-order valence-electron chi connectivity index (χ3n) is 6.21. The van der Waals surface area contributed by atoms with Gasteiger partial charge in [0.05, 0.1) is 18.4 Å². The third-order valence-corrected chi connectivity index (χ3v) is 6.21. The molecule has 1 heterocycles. The molecule has 1 saturated carbocycles. The second-order valence-electron chi connectivity index (χ2n) is 7.76. The third kappa shape index (κ3) is 4.13. The van der Waals surface area contributed by atoms with E-state index in [0.717, 1.165) is 5.56 Å². The molecular weight excluding hydrogens is 360 g/mol. The van der Waals surface area contributed by atoms with Gasteiger partial charge in [0.1, 0.15) is 0 Å². The highest BCUT2D eigenvalue weighted by Crippen LogP contribution is 2.37. The van der Waals surface area contributed by atoms with Gasteiger partial charge in [-0.05, 0) is 44.1 Å². The van der Waals surface area contributed by atoms with Crippen molar-refractivity contribution in [3.05, 3.63) is 35.9 Å². The van der Waals surface area contributed by atoms with Crippen molar-refractivity contribution in [1.29, 1.82) is 0 Å². The number of likely N-dealkylation sites (tertiary alicyclic amines) is 1. The first-order valence-corrected chi connectivity index (χ1v) is 9.88. The Morgan fingerprint density at radius 1 is 1.07 bits per heavy atom. The van der Waals surface area contributed by atoms with Crippen molar-refractivity contribution in [3.63, 3.8) is 0 Å². The van der Waals surface area contributed by atoms with Gasteiger partial charge in [-0.15, -0.1) is 0 Å². The maximum atomic E-state index is 12.7. The Hall–Kier alpha value is -2.57. The van der Waals surface area contributed by atoms with E-state index in [1.54, 1.807) is 4.90 Å². The number of carbonyl (C=O) groups is 3. The first-order chi connectivity index (χ1) is 13.5. The molecule has 2 aliphatic rings. The summed E-state index contributed by atoms with van der Waals surface area (Å²) in [5.41, 5.74) is 0.209. The van der Waals surface area contributed by atoms with E-state index in [0.29, 0.717) is 51.6 Å². The van der Waals surface area contributed by atoms with Crippen LogP contribution >= 0.6 is 0 Å². The van der Waals surface area contributed by atoms with Crippen molar-refractivity contribution in [2.75, 3.05) is 20.2 Å². The number of amides is 2. The molecule has 1 saturated heterocycles. The summed E-state index contributed by atoms with van der Waals surface area (Å²) >= 11 is 0. The van der Waals surface area contributed by atoms with Crippen LogP contribution in [0.4, 0.5) is 4.79 Å². The lowest BCUT2D eigenvalue weighted by molar-refractivity contribution is -0.149. The Balaban J connectivity index is 1.58. The number of carboxylic acid groups (broad SMARTS) is 1. The molecule has 0 radical (unpaired) electrons. The predicted octanol–water partition coefficient (Wildman–Crippen LogP) is 2.55. The number of aliphatic carboxylic acids is 1. The molecule has 1 aromatic carbocycles. The molecule has 1 aromatic rings. The lowest BCUT2D eigenvalue weighted by atomic mass is 9.73. The van der Waals surface area contributed by atoms with Gasteiger partial charge in [0, 0.05) is 19.1 Å². The van der Waals surface area contributed by atoms with Gasteiger partial charge in [0.25, 0.3) is 0 Å². The number of nitrogens with zero attached hydrogens (tertiary/aromatic N) is 1. The van der Waals surface area contributed by atoms with E-state index in [1.807, 2.05) is 30.3 Å². The summed E-state index contributed by atoms with van der Waals surface area (Å²) in [5, 5.41) is 12.1. The highest BCUT2D eigenvalue weighted by molar-refractivity contribution is 5.84. The van der Waals surface area contributed by atoms with Crippen LogP contribution < -0.4 is 5.32 Å². The van der Waals surface area contributed by atoms with Crippen molar-refractivity contribution < 1.29 is 24.2 Å². The molecule has 2 amide bonds. The van der Waals surface area contributed by atoms with Crippen molar-refractivity contribution >= 4 is 18.0 Å². The van der Waals surface area contributed by atoms with E-state index >= 15 is 0 Å². The lowest BCUT2D eigenvalue weighted by Gasteiger charge is -2.40. The fourth-order valence-corrected chi connectivity index (χ4v) is 4.41. The van der Waals surface area contributed by atoms with Crippen molar-refractivity contribution in [3.8, 4) is 0 Å². The summed E-state index contributed by atoms with van der Waals surface area (Å²) in [6, 6.07) is 9.49. The molecule has 0 spiro atoms. The first-order valence-electron chi connectivity index (χ1n) is 9.88. The van der Waals surface area contributed by atoms with Crippen LogP contribution in [0.1, 0.15) is 44.1 Å². The molecule has 0 bridgehead atoms. The van der Waals surface area contributed by atoms with Crippen LogP contribution in [0, 0.1) is 5.92 Å². The fraction of sp³-hybridized carbons (Fsp3) is 0.571. The zero-order valence-corrected chi connectivity index (χ0v) is 16.2. The minimum atomic E-state index is -0.749. The van der Waals surface area contributed by atoms with Gasteiger partial charge in [-0.3, -0.25) is 9.59 Å². The zero-order valence-electron chi connectivity index (χ0n) is 16.2. The topological polar surface area (TPSA) is 95.9 Å². The summed E-state index contributed by atoms with van der Waals surface area (Å²) in [7, 11) is 1.40. The molecule has 0 unspecified atom stereocenters. The number of ether oxygens (including phenoxy) is 1. The van der Waals surface area contributed by atoms with Crippen LogP contribution in [0.15, 0.2) is 30.3 Å². The maximum Gasteiger partial charge on any atom is 0.317 e. The van der Waals surface area contributed by atoms with E-state index in [9.17, 15) is 14.4 Å². The van der Waals surface area contributed by atoms with Gasteiger partial charge in [-0.2, -0.15) is 0 Å². The molecule has 2 fully saturated rings. The van der Waals surface area contributed by atoms with Crippen LogP contribution in [0.3, 0.4) is 0 Å². The molecule has 0 atom stereocenters. The van der Waals surface area contributed by atoms with Crippen LogP contribution in [-0.2, 0) is 19.7 Å². The average molecular weight is 388 g/mol. The molecule has 28 heavy (non-hydrogen) atoms. The van der Waals surface area contributed by atoms with Gasteiger partial charge in [0.2, 0.25) is 0 Å². The highest BCUT2D eigenvalue weighted by Gasteiger charge is 2.44. The van der Waals surface area contributed by atoms with Gasteiger partial charge < -0.3 is 20.1 Å². The van der Waals surface area contributed by atoms with E-state index in [2.05, 4.69) is 5.32 Å². The van der Waals surface area contributed by atoms with Gasteiger partial charge in [-0.25, -0.2) is 4.79 Å². The maximum absolute atomic E-state index is 12.7. The number of hydrogen-bond donors (Lipinski definition) is 2. The van der Waals surface area contributed by atoms with Crippen molar-refractivity contribution in [2.45, 2.75) is 50.0 Å². The summed E-state index contributed by atoms with van der Waals surface area (Å²) in [6.07, 6.45) is 3.60. The molecule has 7 nitrogen and oxygen atoms in total. The van der Waals surface area contributed by atoms with Gasteiger partial charge in [-0.1, -0.05) is 30.3 Å². The fourth-order valence-electron chi connectivity index (χ4n) is 4.41. The Morgan fingerprint density at radius 3 is 2.21 bits per heavy atom. The van der Waals surface area contributed by atoms with E-state index < -0.39 is 11.4 Å². The second-order valence-corrected chi connectivity index (χ2v) is 7.76. The number of hydrogen-bond acceptors (Lipinski definition) is 4. The van der Waals surface area contributed by atoms with Crippen LogP contribution in [0.5, 0.6) is 0 Å². The van der Waals surface area contributed by atoms with Crippen LogP contribution in [0.2, 0.25) is 0 Å². The number of carbonyl (C=O) groups excluding carboxylic acids is 2. The SMILES string of the molecule is COC(=O)C1(c2ccccc2)CCN(C(=O)NC2CCC(C(=O)O)CC2)CC1. The minimum Gasteiger partial charge on any atom is -0.481 e. The first kappa shape index (κ1) is 20.2. The van der Waals surface area contributed by atoms with Crippen LogP contribution in [0.25, 0.3) is 0 Å². The quantitative estimate of drug-likeness (QED) is 0.773. The predicted molar refractivity (Wildman–Crippen MR) is 103 cm³/mol. The number of benzene rings is 1. The Bertz CT molecular complexity index is 705. The zero-order chi connectivity index (χ0) is 20.1. The van der Waals surface area contributed by atoms with E-state index in [1.165, 1.54) is 7.11 Å². The largest absolute Gasteiger partial charge is 0.481 e. The molecule has 3 rings (SSSR count). The number of nitrogens with one attached hydrogen (secondary N) is 1. The number of esters is 1. The molecule has 152 valence electrons. The molecule has 1 aliphatic carbocycles. The number of carboxylic acids is 1. The number of methoxy groups -OCH3 is 1. The molecule has 1 aliphatic heterocycles. The summed E-state index contributed by atoms with van der Waals surface area (Å²) in [4.78, 5) is 38.0. The summed E-state index contributed by atoms with van der Waals surface area (Å²) in [5.74, 6) is -1.30. The monoisotopic (exact) mass is 388 g/mol. The van der Waals surface area contributed by atoms with E-state index in [4.69, 9.17) is 9.84 Å². The van der Waals surface area contributed by atoms with Gasteiger partial charge >= 0.3 is 18.0 Å². The second kappa shape index (κ2) is 8.63. The van der Waals surface area contributed by atoms with Crippen molar-refractivity contribution in [1.82, 2.24) is 10.2 Å². The molecular formula is C21H28N2O5.